The molecular formula is C20H19F5N2O3. The van der Waals surface area contributed by atoms with Gasteiger partial charge in [-0.15, -0.1) is 0 Å². The van der Waals surface area contributed by atoms with Crippen molar-refractivity contribution in [2.75, 3.05) is 18.0 Å². The normalized spacial score (nSPS) is 17.1. The van der Waals surface area contributed by atoms with Crippen LogP contribution in [0.25, 0.3) is 0 Å². The molecule has 1 aromatic heterocycles. The molecule has 5 nitrogen and oxygen atoms in total. The number of aromatic nitrogens is 1. The third-order valence-electron chi connectivity index (χ3n) is 4.68. The first kappa shape index (κ1) is 21.8. The van der Waals surface area contributed by atoms with Gasteiger partial charge in [-0.3, -0.25) is 4.79 Å². The van der Waals surface area contributed by atoms with E-state index in [1.807, 2.05) is 0 Å². The molecular weight excluding hydrogens is 411 g/mol. The van der Waals surface area contributed by atoms with Gasteiger partial charge in [0.15, 0.2) is 0 Å². The lowest BCUT2D eigenvalue weighted by Gasteiger charge is -2.33. The average molecular weight is 430 g/mol. The monoisotopic (exact) mass is 430 g/mol. The number of nitrogens with zero attached hydrogens (tertiary/aromatic N) is 2. The minimum atomic E-state index is -4.54. The van der Waals surface area contributed by atoms with Gasteiger partial charge in [-0.05, 0) is 42.7 Å². The summed E-state index contributed by atoms with van der Waals surface area (Å²) in [6, 6.07) is 7.82. The van der Waals surface area contributed by atoms with Crippen LogP contribution in [0.4, 0.5) is 27.8 Å². The highest BCUT2D eigenvalue weighted by Gasteiger charge is 2.37. The van der Waals surface area contributed by atoms with Crippen LogP contribution in [0, 0.1) is 5.92 Å². The van der Waals surface area contributed by atoms with Crippen LogP contribution in [-0.2, 0) is 22.3 Å². The second-order valence-corrected chi connectivity index (χ2v) is 6.79. The van der Waals surface area contributed by atoms with E-state index in [2.05, 4.69) is 9.72 Å². The van der Waals surface area contributed by atoms with Gasteiger partial charge in [0.05, 0.1) is 11.5 Å². The maximum atomic E-state index is 13.3. The van der Waals surface area contributed by atoms with Gasteiger partial charge in [-0.25, -0.2) is 4.98 Å². The summed E-state index contributed by atoms with van der Waals surface area (Å²) < 4.78 is 73.6. The molecule has 1 fully saturated rings. The van der Waals surface area contributed by atoms with Crippen molar-refractivity contribution in [2.45, 2.75) is 32.2 Å². The number of carbonyl (C=O) groups excluding carboxylic acids is 1. The first-order chi connectivity index (χ1) is 14.2. The number of benzene rings is 1. The molecule has 1 aliphatic rings. The van der Waals surface area contributed by atoms with E-state index in [1.54, 1.807) is 0 Å². The topological polar surface area (TPSA) is 51.7 Å². The van der Waals surface area contributed by atoms with Crippen molar-refractivity contribution >= 4 is 11.8 Å². The number of esters is 1. The summed E-state index contributed by atoms with van der Waals surface area (Å²) in [4.78, 5) is 17.8. The molecule has 2 aromatic rings. The van der Waals surface area contributed by atoms with E-state index < -0.39 is 30.2 Å². The van der Waals surface area contributed by atoms with E-state index in [1.165, 1.54) is 41.4 Å². The second-order valence-electron chi connectivity index (χ2n) is 6.79. The van der Waals surface area contributed by atoms with Crippen LogP contribution in [0.3, 0.4) is 0 Å². The number of ether oxygens (including phenoxy) is 2. The van der Waals surface area contributed by atoms with E-state index in [-0.39, 0.29) is 24.7 Å². The van der Waals surface area contributed by atoms with Gasteiger partial charge in [0, 0.05) is 19.3 Å². The molecule has 0 spiro atoms. The van der Waals surface area contributed by atoms with Crippen molar-refractivity contribution in [1.82, 2.24) is 4.98 Å². The number of halogens is 5. The predicted octanol–water partition coefficient (Wildman–Crippen LogP) is 4.66. The van der Waals surface area contributed by atoms with Crippen LogP contribution in [0.1, 0.15) is 24.0 Å². The first-order valence-electron chi connectivity index (χ1n) is 9.21. The van der Waals surface area contributed by atoms with Crippen molar-refractivity contribution < 1.29 is 36.2 Å². The zero-order valence-corrected chi connectivity index (χ0v) is 15.7. The summed E-state index contributed by atoms with van der Waals surface area (Å²) in [6.07, 6.45) is -2.25. The molecule has 0 saturated carbocycles. The lowest BCUT2D eigenvalue weighted by Crippen LogP contribution is -2.40. The lowest BCUT2D eigenvalue weighted by atomic mass is 9.97. The van der Waals surface area contributed by atoms with E-state index >= 15 is 0 Å². The van der Waals surface area contributed by atoms with Crippen LogP contribution < -0.4 is 9.64 Å². The molecule has 1 unspecified atom stereocenters. The molecule has 1 atom stereocenters. The number of anilines is 1. The van der Waals surface area contributed by atoms with Crippen LogP contribution >= 0.6 is 0 Å². The molecule has 1 aromatic carbocycles. The van der Waals surface area contributed by atoms with Crippen molar-refractivity contribution in [1.29, 1.82) is 0 Å². The van der Waals surface area contributed by atoms with Gasteiger partial charge in [-0.1, -0.05) is 12.1 Å². The Balaban J connectivity index is 1.60. The highest BCUT2D eigenvalue weighted by Crippen LogP contribution is 2.36. The summed E-state index contributed by atoms with van der Waals surface area (Å²) in [5.74, 6) is -1.34. The SMILES string of the molecule is O=C(OCc1ccc(OC(F)F)cc1)C1CCCN(c2ncccc2C(F)(F)F)C1. The zero-order chi connectivity index (χ0) is 21.7. The van der Waals surface area contributed by atoms with E-state index in [9.17, 15) is 26.7 Å². The van der Waals surface area contributed by atoms with E-state index in [0.29, 0.717) is 24.9 Å². The quantitative estimate of drug-likeness (QED) is 0.493. The minimum absolute atomic E-state index is 0.0150. The molecule has 0 N–H and O–H groups in total. The molecule has 3 rings (SSSR count). The Kier molecular flexibility index (Phi) is 6.73. The van der Waals surface area contributed by atoms with Gasteiger partial charge in [-0.2, -0.15) is 22.0 Å². The summed E-state index contributed by atoms with van der Waals surface area (Å²) in [5, 5.41) is 0. The Morgan fingerprint density at radius 3 is 2.60 bits per heavy atom. The maximum Gasteiger partial charge on any atom is 0.419 e. The molecule has 1 aliphatic heterocycles. The Morgan fingerprint density at radius 1 is 1.20 bits per heavy atom. The maximum absolute atomic E-state index is 13.3. The molecule has 162 valence electrons. The van der Waals surface area contributed by atoms with Gasteiger partial charge in [0.25, 0.3) is 0 Å². The first-order valence-corrected chi connectivity index (χ1v) is 9.21. The number of alkyl halides is 5. The summed E-state index contributed by atoms with van der Waals surface area (Å²) >= 11 is 0. The van der Waals surface area contributed by atoms with Crippen molar-refractivity contribution in [3.05, 3.63) is 53.7 Å². The largest absolute Gasteiger partial charge is 0.461 e. The number of rotatable bonds is 6. The molecule has 0 amide bonds. The van der Waals surface area contributed by atoms with Crippen LogP contribution in [0.15, 0.2) is 42.6 Å². The standard InChI is InChI=1S/C20H19F5N2O3/c21-19(22)30-15-7-5-13(6-8-15)12-29-18(28)14-3-2-10-27(11-14)17-16(20(23,24)25)4-1-9-26-17/h1,4-9,14,19H,2-3,10-12H2. The summed E-state index contributed by atoms with van der Waals surface area (Å²) in [6.45, 7) is -2.59. The van der Waals surface area contributed by atoms with Crippen molar-refractivity contribution in [3.63, 3.8) is 0 Å². The van der Waals surface area contributed by atoms with Gasteiger partial charge in [0.1, 0.15) is 18.2 Å². The van der Waals surface area contributed by atoms with E-state index in [4.69, 9.17) is 4.74 Å². The molecule has 1 saturated heterocycles. The Bertz CT molecular complexity index is 858. The molecule has 2 heterocycles. The predicted molar refractivity (Wildman–Crippen MR) is 97.0 cm³/mol. The van der Waals surface area contributed by atoms with Gasteiger partial charge >= 0.3 is 18.8 Å². The Morgan fingerprint density at radius 2 is 1.93 bits per heavy atom. The second kappa shape index (κ2) is 9.27. The number of pyridine rings is 1. The summed E-state index contributed by atoms with van der Waals surface area (Å²) in [5.41, 5.74) is -0.271. The minimum Gasteiger partial charge on any atom is -0.461 e. The molecule has 10 heteroatoms. The molecule has 0 bridgehead atoms. The fourth-order valence-corrected chi connectivity index (χ4v) is 3.27. The Labute approximate surface area is 169 Å². The molecule has 0 aliphatic carbocycles. The van der Waals surface area contributed by atoms with Crippen molar-refractivity contribution in [3.8, 4) is 5.75 Å². The fraction of sp³-hybridized carbons (Fsp3) is 0.400. The van der Waals surface area contributed by atoms with Gasteiger partial charge < -0.3 is 14.4 Å². The summed E-state index contributed by atoms with van der Waals surface area (Å²) in [7, 11) is 0. The third kappa shape index (κ3) is 5.58. The molecule has 0 radical (unpaired) electrons. The third-order valence-corrected chi connectivity index (χ3v) is 4.68. The van der Waals surface area contributed by atoms with Crippen LogP contribution in [0.5, 0.6) is 5.75 Å². The number of hydrogen-bond donors (Lipinski definition) is 0. The lowest BCUT2D eigenvalue weighted by molar-refractivity contribution is -0.150. The van der Waals surface area contributed by atoms with E-state index in [0.717, 1.165) is 6.07 Å². The van der Waals surface area contributed by atoms with Crippen LogP contribution in [-0.4, -0.2) is 30.7 Å². The van der Waals surface area contributed by atoms with Crippen molar-refractivity contribution in [2.24, 2.45) is 5.92 Å². The fourth-order valence-electron chi connectivity index (χ4n) is 3.27. The average Bonchev–Trinajstić information content (AvgIpc) is 2.72. The van der Waals surface area contributed by atoms with Gasteiger partial charge in [0.2, 0.25) is 0 Å². The highest BCUT2D eigenvalue weighted by atomic mass is 19.4. The molecule has 30 heavy (non-hydrogen) atoms. The number of piperidine rings is 1. The van der Waals surface area contributed by atoms with Crippen LogP contribution in [0.2, 0.25) is 0 Å². The number of hydrogen-bond acceptors (Lipinski definition) is 5. The number of carbonyl (C=O) groups is 1. The zero-order valence-electron chi connectivity index (χ0n) is 15.7. The smallest absolute Gasteiger partial charge is 0.419 e. The highest BCUT2D eigenvalue weighted by molar-refractivity contribution is 5.73. The Hall–Kier alpha value is -2.91.